The molecule has 6 heteroatoms. The van der Waals surface area contributed by atoms with Crippen molar-refractivity contribution in [3.05, 3.63) is 52.3 Å². The van der Waals surface area contributed by atoms with E-state index < -0.39 is 11.5 Å². The van der Waals surface area contributed by atoms with Crippen LogP contribution in [0.2, 0.25) is 5.02 Å². The van der Waals surface area contributed by atoms with E-state index in [0.29, 0.717) is 17.3 Å². The topological polar surface area (TPSA) is 58.4 Å². The molecule has 0 spiro atoms. The van der Waals surface area contributed by atoms with Crippen molar-refractivity contribution >= 4 is 17.5 Å². The van der Waals surface area contributed by atoms with Crippen LogP contribution in [0.4, 0.5) is 0 Å². The molecule has 1 fully saturated rings. The molecule has 2 aliphatic rings. The number of hydrogen-bond donors (Lipinski definition) is 1. The minimum atomic E-state index is -0.592. The molecular weight excluding hydrogens is 350 g/mol. The Kier molecular flexibility index (Phi) is 4.53. The van der Waals surface area contributed by atoms with E-state index in [9.17, 15) is 9.90 Å². The second kappa shape index (κ2) is 6.71. The fourth-order valence-corrected chi connectivity index (χ4v) is 4.22. The average Bonchev–Trinajstić information content (AvgIpc) is 2.87. The molecule has 2 aromatic rings. The van der Waals surface area contributed by atoms with Crippen LogP contribution < -0.4 is 0 Å². The Balaban J connectivity index is 1.61. The number of halogens is 1. The van der Waals surface area contributed by atoms with Crippen LogP contribution in [0.3, 0.4) is 0 Å². The lowest BCUT2D eigenvalue weighted by Crippen LogP contribution is -2.50. The van der Waals surface area contributed by atoms with Gasteiger partial charge >= 0.3 is 0 Å². The van der Waals surface area contributed by atoms with Gasteiger partial charge in [-0.15, -0.1) is 0 Å². The van der Waals surface area contributed by atoms with Crippen molar-refractivity contribution in [1.82, 2.24) is 14.7 Å². The summed E-state index contributed by atoms with van der Waals surface area (Å²) in [4.78, 5) is 15.5. The van der Waals surface area contributed by atoms with Crippen molar-refractivity contribution in [1.29, 1.82) is 0 Å². The van der Waals surface area contributed by atoms with E-state index in [-0.39, 0.29) is 5.91 Å². The summed E-state index contributed by atoms with van der Waals surface area (Å²) in [6.45, 7) is 3.78. The van der Waals surface area contributed by atoms with Crippen molar-refractivity contribution in [2.75, 3.05) is 6.54 Å². The van der Waals surface area contributed by atoms with Crippen LogP contribution in [0.5, 0.6) is 0 Å². The maximum absolute atomic E-state index is 13.5. The van der Waals surface area contributed by atoms with Gasteiger partial charge in [-0.05, 0) is 49.9 Å². The first kappa shape index (κ1) is 17.6. The Morgan fingerprint density at radius 1 is 1.23 bits per heavy atom. The highest BCUT2D eigenvalue weighted by Crippen LogP contribution is 2.45. The summed E-state index contributed by atoms with van der Waals surface area (Å²) in [5.41, 5.74) is 2.33. The third-order valence-electron chi connectivity index (χ3n) is 5.76. The number of carbonyl (C=O) groups is 1. The molecule has 5 nitrogen and oxygen atoms in total. The molecule has 0 saturated heterocycles. The van der Waals surface area contributed by atoms with Gasteiger partial charge in [0, 0.05) is 18.1 Å². The van der Waals surface area contributed by atoms with Crippen molar-refractivity contribution in [2.24, 2.45) is 0 Å². The summed E-state index contributed by atoms with van der Waals surface area (Å²) in [5, 5.41) is 15.0. The maximum Gasteiger partial charge on any atom is 0.233 e. The standard InChI is InChI=1S/C20H24ClN3O2/c1-14(25)18-12-17-13-23(10-3-11-24(17)22-18)19(26)20(8-2-9-20)15-4-6-16(21)7-5-15/h4-7,12,14,25H,2-3,8-11,13H2,1H3. The number of fused-ring (bicyclic) bond motifs is 1. The summed E-state index contributed by atoms with van der Waals surface area (Å²) in [7, 11) is 0. The van der Waals surface area contributed by atoms with Crippen LogP contribution in [0.25, 0.3) is 0 Å². The van der Waals surface area contributed by atoms with Crippen LogP contribution in [-0.4, -0.2) is 32.2 Å². The normalized spacial score (nSPS) is 20.0. The molecule has 1 aliphatic carbocycles. The molecule has 1 atom stereocenters. The van der Waals surface area contributed by atoms with Crippen molar-refractivity contribution in [3.8, 4) is 0 Å². The van der Waals surface area contributed by atoms with Gasteiger partial charge in [-0.1, -0.05) is 30.2 Å². The van der Waals surface area contributed by atoms with Crippen molar-refractivity contribution < 1.29 is 9.90 Å². The Hall–Kier alpha value is -1.85. The van der Waals surface area contributed by atoms with Crippen LogP contribution in [0, 0.1) is 0 Å². The second-order valence-electron chi connectivity index (χ2n) is 7.48. The van der Waals surface area contributed by atoms with E-state index >= 15 is 0 Å². The molecule has 4 rings (SSSR count). The van der Waals surface area contributed by atoms with E-state index in [1.807, 2.05) is 39.9 Å². The Labute approximate surface area is 158 Å². The Morgan fingerprint density at radius 3 is 2.58 bits per heavy atom. The number of hydrogen-bond acceptors (Lipinski definition) is 3. The number of aryl methyl sites for hydroxylation is 1. The van der Waals surface area contributed by atoms with Gasteiger partial charge in [-0.25, -0.2) is 0 Å². The first-order chi connectivity index (χ1) is 12.5. The second-order valence-corrected chi connectivity index (χ2v) is 7.92. The van der Waals surface area contributed by atoms with Gasteiger partial charge in [-0.3, -0.25) is 9.48 Å². The third-order valence-corrected chi connectivity index (χ3v) is 6.01. The van der Waals surface area contributed by atoms with Crippen molar-refractivity contribution in [2.45, 2.75) is 57.2 Å². The molecule has 1 amide bonds. The largest absolute Gasteiger partial charge is 0.387 e. The molecule has 0 bridgehead atoms. The van der Waals surface area contributed by atoms with E-state index in [1.54, 1.807) is 6.92 Å². The number of nitrogens with zero attached hydrogens (tertiary/aromatic N) is 3. The molecule has 26 heavy (non-hydrogen) atoms. The minimum absolute atomic E-state index is 0.208. The monoisotopic (exact) mass is 373 g/mol. The first-order valence-corrected chi connectivity index (χ1v) is 9.67. The number of carbonyl (C=O) groups excluding carboxylic acids is 1. The lowest BCUT2D eigenvalue weighted by Gasteiger charge is -2.43. The van der Waals surface area contributed by atoms with Crippen LogP contribution in [0.15, 0.2) is 30.3 Å². The van der Waals surface area contributed by atoms with Gasteiger partial charge in [0.2, 0.25) is 5.91 Å². The molecule has 1 aliphatic heterocycles. The highest BCUT2D eigenvalue weighted by atomic mass is 35.5. The summed E-state index contributed by atoms with van der Waals surface area (Å²) >= 11 is 6.03. The molecule has 138 valence electrons. The molecule has 1 unspecified atom stereocenters. The highest BCUT2D eigenvalue weighted by Gasteiger charge is 2.47. The van der Waals surface area contributed by atoms with Gasteiger partial charge in [0.25, 0.3) is 0 Å². The SMILES string of the molecule is CC(O)c1cc2n(n1)CCCN(C(=O)C1(c3ccc(Cl)cc3)CCC1)C2. The molecular formula is C20H24ClN3O2. The molecule has 0 radical (unpaired) electrons. The minimum Gasteiger partial charge on any atom is -0.387 e. The maximum atomic E-state index is 13.5. The van der Waals surface area contributed by atoms with Gasteiger partial charge in [0.05, 0.1) is 29.5 Å². The number of rotatable bonds is 3. The van der Waals surface area contributed by atoms with Crippen LogP contribution in [-0.2, 0) is 23.3 Å². The summed E-state index contributed by atoms with van der Waals surface area (Å²) < 4.78 is 1.94. The number of aliphatic hydroxyl groups excluding tert-OH is 1. The fraction of sp³-hybridized carbons (Fsp3) is 0.500. The molecule has 1 aromatic carbocycles. The van der Waals surface area contributed by atoms with E-state index in [1.165, 1.54) is 0 Å². The zero-order chi connectivity index (χ0) is 18.3. The quantitative estimate of drug-likeness (QED) is 0.896. The molecule has 1 N–H and O–H groups in total. The fourth-order valence-electron chi connectivity index (χ4n) is 4.09. The van der Waals surface area contributed by atoms with E-state index in [0.717, 1.165) is 50.0 Å². The van der Waals surface area contributed by atoms with Crippen LogP contribution >= 0.6 is 11.6 Å². The van der Waals surface area contributed by atoms with Gasteiger partial charge in [0.15, 0.2) is 0 Å². The Bertz CT molecular complexity index is 809. The zero-order valence-electron chi connectivity index (χ0n) is 15.0. The predicted molar refractivity (Wildman–Crippen MR) is 99.9 cm³/mol. The Morgan fingerprint density at radius 2 is 1.96 bits per heavy atom. The predicted octanol–water partition coefficient (Wildman–Crippen LogP) is 3.44. The highest BCUT2D eigenvalue weighted by molar-refractivity contribution is 6.30. The number of benzene rings is 1. The number of amides is 1. The molecule has 1 aromatic heterocycles. The summed E-state index contributed by atoms with van der Waals surface area (Å²) in [6.07, 6.45) is 3.14. The molecule has 1 saturated carbocycles. The average molecular weight is 374 g/mol. The zero-order valence-corrected chi connectivity index (χ0v) is 15.7. The number of aliphatic hydroxyl groups is 1. The van der Waals surface area contributed by atoms with E-state index in [2.05, 4.69) is 5.10 Å². The lowest BCUT2D eigenvalue weighted by atomic mass is 9.63. The number of aromatic nitrogens is 2. The van der Waals surface area contributed by atoms with Crippen molar-refractivity contribution in [3.63, 3.8) is 0 Å². The summed E-state index contributed by atoms with van der Waals surface area (Å²) in [6, 6.07) is 9.65. The van der Waals surface area contributed by atoms with E-state index in [4.69, 9.17) is 11.6 Å². The van der Waals surface area contributed by atoms with Crippen LogP contribution in [0.1, 0.15) is 55.7 Å². The molecule has 2 heterocycles. The lowest BCUT2D eigenvalue weighted by molar-refractivity contribution is -0.141. The van der Waals surface area contributed by atoms with Gasteiger partial charge in [-0.2, -0.15) is 5.10 Å². The third kappa shape index (κ3) is 2.93. The first-order valence-electron chi connectivity index (χ1n) is 9.30. The van der Waals surface area contributed by atoms with Gasteiger partial charge < -0.3 is 10.0 Å². The summed E-state index contributed by atoms with van der Waals surface area (Å²) in [5.74, 6) is 0.208. The van der Waals surface area contributed by atoms with Gasteiger partial charge in [0.1, 0.15) is 0 Å². The smallest absolute Gasteiger partial charge is 0.233 e.